The van der Waals surface area contributed by atoms with E-state index in [9.17, 15) is 9.90 Å². The Morgan fingerprint density at radius 3 is 2.42 bits per heavy atom. The Morgan fingerprint density at radius 1 is 1.50 bits per heavy atom. The summed E-state index contributed by atoms with van der Waals surface area (Å²) < 4.78 is 0. The van der Waals surface area contributed by atoms with Crippen molar-refractivity contribution in [2.75, 3.05) is 0 Å². The van der Waals surface area contributed by atoms with E-state index < -0.39 is 23.6 Å². The third-order valence-corrected chi connectivity index (χ3v) is 2.17. The standard InChI is InChI=1S/C7H9ClO4/c1-6(10)2-4(8)7(11,12)3-5(6)9/h2,10-12H,3H2,1H3. The molecule has 1 atom stereocenters. The molecule has 4 nitrogen and oxygen atoms in total. The largest absolute Gasteiger partial charge is 0.378 e. The minimum absolute atomic E-state index is 0.327. The molecule has 0 aromatic heterocycles. The van der Waals surface area contributed by atoms with Crippen LogP contribution in [-0.4, -0.2) is 32.5 Å². The molecule has 1 rings (SSSR count). The van der Waals surface area contributed by atoms with Crippen LogP contribution in [0.25, 0.3) is 0 Å². The van der Waals surface area contributed by atoms with Crippen LogP contribution >= 0.6 is 11.6 Å². The zero-order valence-corrected chi connectivity index (χ0v) is 7.17. The second-order valence-corrected chi connectivity index (χ2v) is 3.46. The highest BCUT2D eigenvalue weighted by Crippen LogP contribution is 2.32. The van der Waals surface area contributed by atoms with Gasteiger partial charge in [0.25, 0.3) is 0 Å². The maximum Gasteiger partial charge on any atom is 0.207 e. The summed E-state index contributed by atoms with van der Waals surface area (Å²) in [5, 5.41) is 27.1. The van der Waals surface area contributed by atoms with Crippen molar-refractivity contribution in [3.63, 3.8) is 0 Å². The molecule has 0 aliphatic heterocycles. The van der Waals surface area contributed by atoms with Crippen molar-refractivity contribution in [1.29, 1.82) is 0 Å². The molecule has 1 aliphatic carbocycles. The number of carbonyl (C=O) groups is 1. The van der Waals surface area contributed by atoms with Gasteiger partial charge in [-0.1, -0.05) is 11.6 Å². The predicted octanol–water partition coefficient (Wildman–Crippen LogP) is -0.486. The molecule has 0 fully saturated rings. The molecule has 3 N–H and O–H groups in total. The Morgan fingerprint density at radius 2 is 2.00 bits per heavy atom. The lowest BCUT2D eigenvalue weighted by atomic mass is 9.88. The minimum Gasteiger partial charge on any atom is -0.378 e. The molecule has 1 aliphatic rings. The van der Waals surface area contributed by atoms with Crippen LogP contribution in [0.5, 0.6) is 0 Å². The Labute approximate surface area is 74.1 Å². The Balaban J connectivity index is 3.09. The van der Waals surface area contributed by atoms with Crippen LogP contribution < -0.4 is 0 Å². The molecule has 0 aromatic carbocycles. The molecule has 0 aromatic rings. The molecule has 0 heterocycles. The van der Waals surface area contributed by atoms with E-state index in [1.807, 2.05) is 0 Å². The zero-order valence-electron chi connectivity index (χ0n) is 6.41. The molecule has 5 heteroatoms. The molecule has 12 heavy (non-hydrogen) atoms. The van der Waals surface area contributed by atoms with Crippen molar-refractivity contribution < 1.29 is 20.1 Å². The van der Waals surface area contributed by atoms with Gasteiger partial charge in [-0.15, -0.1) is 0 Å². The highest BCUT2D eigenvalue weighted by Gasteiger charge is 2.43. The number of aliphatic hydroxyl groups is 3. The lowest BCUT2D eigenvalue weighted by Crippen LogP contribution is -2.46. The molecule has 0 amide bonds. The maximum absolute atomic E-state index is 11.0. The average molecular weight is 193 g/mol. The zero-order chi connectivity index (χ0) is 9.57. The summed E-state index contributed by atoms with van der Waals surface area (Å²) in [6.07, 6.45) is 0.343. The topological polar surface area (TPSA) is 77.8 Å². The fourth-order valence-corrected chi connectivity index (χ4v) is 1.21. The summed E-state index contributed by atoms with van der Waals surface area (Å²) in [4.78, 5) is 11.0. The van der Waals surface area contributed by atoms with E-state index in [2.05, 4.69) is 0 Å². The number of Topliss-reactive ketones (excluding diaryl/α,β-unsaturated/α-hetero) is 1. The van der Waals surface area contributed by atoms with Crippen molar-refractivity contribution in [2.45, 2.75) is 24.7 Å². The van der Waals surface area contributed by atoms with Gasteiger partial charge in [-0.25, -0.2) is 0 Å². The quantitative estimate of drug-likeness (QED) is 0.453. The number of rotatable bonds is 0. The van der Waals surface area contributed by atoms with E-state index in [4.69, 9.17) is 21.8 Å². The summed E-state index contributed by atoms with van der Waals surface area (Å²) in [6, 6.07) is 0. The third kappa shape index (κ3) is 1.51. The van der Waals surface area contributed by atoms with Crippen LogP contribution in [-0.2, 0) is 4.79 Å². The molecule has 0 spiro atoms. The Bertz CT molecular complexity index is 254. The molecule has 0 saturated heterocycles. The van der Waals surface area contributed by atoms with Gasteiger partial charge < -0.3 is 15.3 Å². The van der Waals surface area contributed by atoms with Gasteiger partial charge in [0, 0.05) is 0 Å². The number of ketones is 1. The Kier molecular flexibility index (Phi) is 2.04. The maximum atomic E-state index is 11.0. The summed E-state index contributed by atoms with van der Waals surface area (Å²) >= 11 is 5.41. The first-order chi connectivity index (χ1) is 5.26. The minimum atomic E-state index is -2.32. The van der Waals surface area contributed by atoms with Crippen LogP contribution in [0.4, 0.5) is 0 Å². The van der Waals surface area contributed by atoms with E-state index in [1.54, 1.807) is 0 Å². The average Bonchev–Trinajstić information content (AvgIpc) is 1.82. The first-order valence-electron chi connectivity index (χ1n) is 3.35. The van der Waals surface area contributed by atoms with Gasteiger partial charge in [-0.3, -0.25) is 4.79 Å². The van der Waals surface area contributed by atoms with Gasteiger partial charge in [-0.2, -0.15) is 0 Å². The van der Waals surface area contributed by atoms with Crippen LogP contribution in [0.3, 0.4) is 0 Å². The Hall–Kier alpha value is -0.420. The second kappa shape index (κ2) is 2.53. The second-order valence-electron chi connectivity index (χ2n) is 3.06. The smallest absolute Gasteiger partial charge is 0.207 e. The van der Waals surface area contributed by atoms with Crippen molar-refractivity contribution in [3.05, 3.63) is 11.1 Å². The fraction of sp³-hybridized carbons (Fsp3) is 0.571. The monoisotopic (exact) mass is 192 g/mol. The summed E-state index contributed by atoms with van der Waals surface area (Å²) in [7, 11) is 0. The van der Waals surface area contributed by atoms with Gasteiger partial charge in [0.05, 0.1) is 11.5 Å². The van der Waals surface area contributed by atoms with Crippen LogP contribution in [0.2, 0.25) is 0 Å². The molecular weight excluding hydrogens is 184 g/mol. The summed E-state index contributed by atoms with van der Waals surface area (Å²) in [5.41, 5.74) is -1.69. The van der Waals surface area contributed by atoms with Crippen molar-refractivity contribution >= 4 is 17.4 Å². The third-order valence-electron chi connectivity index (χ3n) is 1.76. The predicted molar refractivity (Wildman–Crippen MR) is 41.4 cm³/mol. The van der Waals surface area contributed by atoms with Crippen LogP contribution in [0.1, 0.15) is 13.3 Å². The number of hydrogen-bond donors (Lipinski definition) is 3. The molecule has 0 saturated carbocycles. The van der Waals surface area contributed by atoms with Gasteiger partial charge in [-0.05, 0) is 13.0 Å². The van der Waals surface area contributed by atoms with E-state index in [0.717, 1.165) is 6.08 Å². The number of carbonyl (C=O) groups excluding carboxylic acids is 1. The fourth-order valence-electron chi connectivity index (χ4n) is 0.930. The van der Waals surface area contributed by atoms with Crippen molar-refractivity contribution in [3.8, 4) is 0 Å². The van der Waals surface area contributed by atoms with E-state index >= 15 is 0 Å². The van der Waals surface area contributed by atoms with Crippen LogP contribution in [0.15, 0.2) is 11.1 Å². The molecule has 0 bridgehead atoms. The van der Waals surface area contributed by atoms with E-state index in [-0.39, 0.29) is 5.03 Å². The SMILES string of the molecule is CC1(O)C=C(Cl)C(O)(O)CC1=O. The van der Waals surface area contributed by atoms with Gasteiger partial charge >= 0.3 is 0 Å². The highest BCUT2D eigenvalue weighted by molar-refractivity contribution is 6.31. The van der Waals surface area contributed by atoms with Gasteiger partial charge in [0.2, 0.25) is 5.79 Å². The van der Waals surface area contributed by atoms with Gasteiger partial charge in [0.15, 0.2) is 5.78 Å². The highest BCUT2D eigenvalue weighted by atomic mass is 35.5. The first-order valence-corrected chi connectivity index (χ1v) is 3.73. The summed E-state index contributed by atoms with van der Waals surface area (Å²) in [6.45, 7) is 1.24. The molecule has 1 unspecified atom stereocenters. The van der Waals surface area contributed by atoms with Gasteiger partial charge in [0.1, 0.15) is 5.60 Å². The van der Waals surface area contributed by atoms with Crippen molar-refractivity contribution in [1.82, 2.24) is 0 Å². The molecule has 0 radical (unpaired) electrons. The molecular formula is C7H9ClO4. The normalized spacial score (nSPS) is 34.8. The number of halogens is 1. The van der Waals surface area contributed by atoms with Crippen LogP contribution in [0, 0.1) is 0 Å². The summed E-state index contributed by atoms with van der Waals surface area (Å²) in [5.74, 6) is -2.99. The first kappa shape index (κ1) is 9.67. The van der Waals surface area contributed by atoms with E-state index in [1.165, 1.54) is 6.92 Å². The van der Waals surface area contributed by atoms with Crippen molar-refractivity contribution in [2.24, 2.45) is 0 Å². The number of hydrogen-bond acceptors (Lipinski definition) is 4. The lowest BCUT2D eigenvalue weighted by molar-refractivity contribution is -0.162. The lowest BCUT2D eigenvalue weighted by Gasteiger charge is -2.31. The van der Waals surface area contributed by atoms with E-state index in [0.29, 0.717) is 0 Å². The molecule has 68 valence electrons.